The standard InChI is InChI=1S/C22H23N3O2/c1-3-27-21-12-10-20(11-13-21)23-15-22(26)25-24-16(2)18-9-8-17-6-4-5-7-19(17)14-18/h4-14,23H,3,15H2,1-2H3,(H,25,26)/b24-16+. The van der Waals surface area contributed by atoms with E-state index in [-0.39, 0.29) is 12.5 Å². The largest absolute Gasteiger partial charge is 0.494 e. The van der Waals surface area contributed by atoms with Crippen molar-refractivity contribution in [3.8, 4) is 5.75 Å². The van der Waals surface area contributed by atoms with Crippen LogP contribution in [0.1, 0.15) is 19.4 Å². The van der Waals surface area contributed by atoms with Crippen LogP contribution in [0.15, 0.2) is 71.8 Å². The Hall–Kier alpha value is -3.34. The number of fused-ring (bicyclic) bond motifs is 1. The van der Waals surface area contributed by atoms with E-state index in [1.807, 2.05) is 56.3 Å². The minimum absolute atomic E-state index is 0.141. The molecular formula is C22H23N3O2. The van der Waals surface area contributed by atoms with Crippen LogP contribution in [0.2, 0.25) is 0 Å². The van der Waals surface area contributed by atoms with Crippen molar-refractivity contribution in [2.24, 2.45) is 5.10 Å². The molecule has 0 atom stereocenters. The molecule has 0 radical (unpaired) electrons. The first-order valence-corrected chi connectivity index (χ1v) is 8.95. The summed E-state index contributed by atoms with van der Waals surface area (Å²) in [4.78, 5) is 12.0. The Morgan fingerprint density at radius 3 is 2.48 bits per heavy atom. The lowest BCUT2D eigenvalue weighted by Crippen LogP contribution is -2.26. The molecule has 0 spiro atoms. The lowest BCUT2D eigenvalue weighted by molar-refractivity contribution is -0.119. The molecule has 0 bridgehead atoms. The Balaban J connectivity index is 1.55. The van der Waals surface area contributed by atoms with Gasteiger partial charge in [0.1, 0.15) is 5.75 Å². The monoisotopic (exact) mass is 361 g/mol. The summed E-state index contributed by atoms with van der Waals surface area (Å²) in [7, 11) is 0. The number of rotatable bonds is 7. The molecule has 27 heavy (non-hydrogen) atoms. The highest BCUT2D eigenvalue weighted by Crippen LogP contribution is 2.16. The predicted molar refractivity (Wildman–Crippen MR) is 110 cm³/mol. The molecule has 3 aromatic carbocycles. The minimum Gasteiger partial charge on any atom is -0.494 e. The van der Waals surface area contributed by atoms with Crippen LogP contribution in [0.3, 0.4) is 0 Å². The third-order valence-electron chi connectivity index (χ3n) is 4.13. The highest BCUT2D eigenvalue weighted by atomic mass is 16.5. The van der Waals surface area contributed by atoms with Gasteiger partial charge in [0.15, 0.2) is 0 Å². The Morgan fingerprint density at radius 2 is 1.74 bits per heavy atom. The molecule has 0 aliphatic carbocycles. The summed E-state index contributed by atoms with van der Waals surface area (Å²) in [5.41, 5.74) is 5.18. The molecule has 2 N–H and O–H groups in total. The van der Waals surface area contributed by atoms with E-state index in [0.717, 1.165) is 28.1 Å². The molecule has 0 aromatic heterocycles. The smallest absolute Gasteiger partial charge is 0.259 e. The van der Waals surface area contributed by atoms with Crippen LogP contribution < -0.4 is 15.5 Å². The van der Waals surface area contributed by atoms with Crippen LogP contribution in [0, 0.1) is 0 Å². The Morgan fingerprint density at radius 1 is 1.00 bits per heavy atom. The van der Waals surface area contributed by atoms with Gasteiger partial charge in [0.25, 0.3) is 5.91 Å². The molecule has 0 saturated heterocycles. The van der Waals surface area contributed by atoms with Crippen LogP contribution in [-0.2, 0) is 4.79 Å². The van der Waals surface area contributed by atoms with Crippen molar-refractivity contribution in [3.63, 3.8) is 0 Å². The summed E-state index contributed by atoms with van der Waals surface area (Å²) in [5, 5.41) is 9.60. The average Bonchev–Trinajstić information content (AvgIpc) is 2.71. The summed E-state index contributed by atoms with van der Waals surface area (Å²) in [6.45, 7) is 4.59. The van der Waals surface area contributed by atoms with Crippen LogP contribution in [0.4, 0.5) is 5.69 Å². The van der Waals surface area contributed by atoms with E-state index < -0.39 is 0 Å². The van der Waals surface area contributed by atoms with Crippen molar-refractivity contribution in [1.82, 2.24) is 5.43 Å². The molecule has 5 heteroatoms. The minimum atomic E-state index is -0.205. The fourth-order valence-corrected chi connectivity index (χ4v) is 2.68. The summed E-state index contributed by atoms with van der Waals surface area (Å²) in [6.07, 6.45) is 0. The summed E-state index contributed by atoms with van der Waals surface area (Å²) >= 11 is 0. The van der Waals surface area contributed by atoms with E-state index in [0.29, 0.717) is 6.61 Å². The molecule has 0 unspecified atom stereocenters. The fraction of sp³-hybridized carbons (Fsp3) is 0.182. The van der Waals surface area contributed by atoms with Gasteiger partial charge in [0.05, 0.1) is 18.9 Å². The Kier molecular flexibility index (Phi) is 6.05. The maximum atomic E-state index is 12.0. The lowest BCUT2D eigenvalue weighted by atomic mass is 10.0. The molecular weight excluding hydrogens is 338 g/mol. The van der Waals surface area contributed by atoms with Crippen molar-refractivity contribution in [2.45, 2.75) is 13.8 Å². The summed E-state index contributed by atoms with van der Waals surface area (Å²) in [6, 6.07) is 21.8. The predicted octanol–water partition coefficient (Wildman–Crippen LogP) is 4.19. The summed E-state index contributed by atoms with van der Waals surface area (Å²) in [5.74, 6) is 0.604. The van der Waals surface area contributed by atoms with Crippen LogP contribution in [0.25, 0.3) is 10.8 Å². The first kappa shape index (κ1) is 18.5. The van der Waals surface area contributed by atoms with E-state index in [1.165, 1.54) is 5.39 Å². The van der Waals surface area contributed by atoms with Gasteiger partial charge >= 0.3 is 0 Å². The van der Waals surface area contributed by atoms with E-state index in [9.17, 15) is 4.79 Å². The number of carbonyl (C=O) groups is 1. The van der Waals surface area contributed by atoms with Crippen LogP contribution >= 0.6 is 0 Å². The topological polar surface area (TPSA) is 62.7 Å². The second kappa shape index (κ2) is 8.85. The normalized spacial score (nSPS) is 11.3. The highest BCUT2D eigenvalue weighted by Gasteiger charge is 2.03. The molecule has 0 aliphatic rings. The number of nitrogens with zero attached hydrogens (tertiary/aromatic N) is 1. The number of ether oxygens (including phenoxy) is 1. The quantitative estimate of drug-likeness (QED) is 0.490. The maximum absolute atomic E-state index is 12.0. The van der Waals surface area contributed by atoms with Crippen LogP contribution in [0.5, 0.6) is 5.75 Å². The zero-order valence-corrected chi connectivity index (χ0v) is 15.5. The maximum Gasteiger partial charge on any atom is 0.259 e. The molecule has 3 aromatic rings. The number of anilines is 1. The molecule has 138 valence electrons. The van der Waals surface area contributed by atoms with Gasteiger partial charge in [-0.1, -0.05) is 36.4 Å². The van der Waals surface area contributed by atoms with E-state index in [2.05, 4.69) is 40.1 Å². The first-order chi connectivity index (χ1) is 13.2. The Labute approximate surface area is 159 Å². The zero-order chi connectivity index (χ0) is 19.1. The van der Waals surface area contributed by atoms with Gasteiger partial charge in [-0.3, -0.25) is 4.79 Å². The molecule has 1 amide bonds. The molecule has 0 heterocycles. The fourth-order valence-electron chi connectivity index (χ4n) is 2.68. The SMILES string of the molecule is CCOc1ccc(NCC(=O)N/N=C(\C)c2ccc3ccccc3c2)cc1. The van der Waals surface area contributed by atoms with Crippen molar-refractivity contribution in [1.29, 1.82) is 0 Å². The molecule has 5 nitrogen and oxygen atoms in total. The second-order valence-corrected chi connectivity index (χ2v) is 6.11. The number of benzene rings is 3. The highest BCUT2D eigenvalue weighted by molar-refractivity contribution is 6.02. The van der Waals surface area contributed by atoms with Gasteiger partial charge in [-0.2, -0.15) is 5.10 Å². The van der Waals surface area contributed by atoms with Gasteiger partial charge < -0.3 is 10.1 Å². The van der Waals surface area contributed by atoms with Gasteiger partial charge in [-0.25, -0.2) is 5.43 Å². The molecule has 3 rings (SSSR count). The van der Waals surface area contributed by atoms with E-state index in [1.54, 1.807) is 0 Å². The number of amides is 1. The number of hydrazone groups is 1. The second-order valence-electron chi connectivity index (χ2n) is 6.11. The van der Waals surface area contributed by atoms with Gasteiger partial charge in [0.2, 0.25) is 0 Å². The van der Waals surface area contributed by atoms with Crippen molar-refractivity contribution < 1.29 is 9.53 Å². The van der Waals surface area contributed by atoms with E-state index in [4.69, 9.17) is 4.74 Å². The number of hydrogen-bond acceptors (Lipinski definition) is 4. The molecule has 0 aliphatic heterocycles. The number of carbonyl (C=O) groups excluding carboxylic acids is 1. The third kappa shape index (κ3) is 5.07. The van der Waals surface area contributed by atoms with Crippen molar-refractivity contribution >= 4 is 28.1 Å². The van der Waals surface area contributed by atoms with Crippen molar-refractivity contribution in [2.75, 3.05) is 18.5 Å². The molecule has 0 fully saturated rings. The Bertz CT molecular complexity index is 949. The summed E-state index contributed by atoms with van der Waals surface area (Å²) < 4.78 is 5.40. The first-order valence-electron chi connectivity index (χ1n) is 8.95. The van der Waals surface area contributed by atoms with Gasteiger partial charge in [0, 0.05) is 5.69 Å². The number of hydrogen-bond donors (Lipinski definition) is 2. The lowest BCUT2D eigenvalue weighted by Gasteiger charge is -2.08. The van der Waals surface area contributed by atoms with Gasteiger partial charge in [-0.15, -0.1) is 0 Å². The molecule has 0 saturated carbocycles. The zero-order valence-electron chi connectivity index (χ0n) is 15.5. The number of nitrogens with one attached hydrogen (secondary N) is 2. The van der Waals surface area contributed by atoms with Crippen LogP contribution in [-0.4, -0.2) is 24.8 Å². The third-order valence-corrected chi connectivity index (χ3v) is 4.13. The van der Waals surface area contributed by atoms with E-state index >= 15 is 0 Å². The van der Waals surface area contributed by atoms with Crippen molar-refractivity contribution in [3.05, 3.63) is 72.3 Å². The average molecular weight is 361 g/mol. The van der Waals surface area contributed by atoms with Gasteiger partial charge in [-0.05, 0) is 60.5 Å².